The number of benzene rings is 7. The third-order valence-corrected chi connectivity index (χ3v) is 11.6. The Hall–Kier alpha value is -5.68. The topological polar surface area (TPSA) is 25.8 Å². The summed E-state index contributed by atoms with van der Waals surface area (Å²) >= 11 is 3.48. The lowest BCUT2D eigenvalue weighted by Crippen LogP contribution is -1.80. The van der Waals surface area contributed by atoms with E-state index in [1.165, 1.54) is 75.8 Å². The summed E-state index contributed by atoms with van der Waals surface area (Å²) in [4.78, 5) is 11.9. The Morgan fingerprint density at radius 3 is 1.02 bits per heavy atom. The van der Waals surface area contributed by atoms with E-state index in [2.05, 4.69) is 159 Å². The van der Waals surface area contributed by atoms with Crippen molar-refractivity contribution >= 4 is 44.2 Å². The Bertz CT molecular complexity index is 2440. The van der Waals surface area contributed by atoms with Gasteiger partial charge in [-0.25, -0.2) is 9.97 Å². The van der Waals surface area contributed by atoms with E-state index >= 15 is 0 Å². The Morgan fingerprint density at radius 1 is 0.320 bits per heavy atom. The first-order chi connectivity index (χ1) is 24.5. The van der Waals surface area contributed by atoms with Crippen LogP contribution in [0.4, 0.5) is 0 Å². The lowest BCUT2D eigenvalue weighted by atomic mass is 9.99. The third kappa shape index (κ3) is 5.94. The molecule has 0 radical (unpaired) electrons. The van der Waals surface area contributed by atoms with E-state index in [4.69, 9.17) is 9.97 Å². The van der Waals surface area contributed by atoms with Crippen LogP contribution in [0.3, 0.4) is 0 Å². The third-order valence-electron chi connectivity index (χ3n) is 9.41. The molecule has 0 N–H and O–H groups in total. The predicted molar refractivity (Wildman–Crippen MR) is 215 cm³/mol. The fraction of sp³-hybridized carbons (Fsp3) is 0.0435. The molecule has 0 spiro atoms. The van der Waals surface area contributed by atoms with Crippen molar-refractivity contribution in [2.45, 2.75) is 13.8 Å². The second kappa shape index (κ2) is 12.6. The molecule has 0 atom stereocenters. The summed E-state index contributed by atoms with van der Waals surface area (Å²) in [5, 5.41) is 6.99. The molecule has 0 bridgehead atoms. The first kappa shape index (κ1) is 30.4. The Kier molecular flexibility index (Phi) is 7.69. The van der Waals surface area contributed by atoms with Gasteiger partial charge in [0.2, 0.25) is 0 Å². The summed E-state index contributed by atoms with van der Waals surface area (Å²) in [6.45, 7) is 4.24. The minimum absolute atomic E-state index is 1.03. The number of aryl methyl sites for hydroxylation is 2. The maximum atomic E-state index is 4.80. The largest absolute Gasteiger partial charge is 0.244 e. The van der Waals surface area contributed by atoms with Crippen LogP contribution in [0.15, 0.2) is 158 Å². The van der Waals surface area contributed by atoms with E-state index in [-0.39, 0.29) is 0 Å². The first-order valence-corrected chi connectivity index (χ1v) is 18.4. The molecule has 4 heteroatoms. The van der Waals surface area contributed by atoms with Crippen LogP contribution in [0.2, 0.25) is 0 Å². The van der Waals surface area contributed by atoms with Gasteiger partial charge in [0, 0.05) is 23.5 Å². The predicted octanol–water partition coefficient (Wildman–Crippen LogP) is 13.5. The number of rotatable bonds is 6. The van der Waals surface area contributed by atoms with Crippen LogP contribution < -0.4 is 0 Å². The number of aromatic nitrogens is 2. The Balaban J connectivity index is 0.943. The smallest absolute Gasteiger partial charge is 0.123 e. The highest BCUT2D eigenvalue weighted by atomic mass is 32.1. The molecule has 0 aliphatic heterocycles. The van der Waals surface area contributed by atoms with Gasteiger partial charge in [0.05, 0.1) is 9.75 Å². The van der Waals surface area contributed by atoms with Crippen molar-refractivity contribution in [3.63, 3.8) is 0 Å². The van der Waals surface area contributed by atoms with E-state index in [9.17, 15) is 0 Å². The lowest BCUT2D eigenvalue weighted by Gasteiger charge is -2.06. The van der Waals surface area contributed by atoms with Crippen LogP contribution in [-0.2, 0) is 0 Å². The fourth-order valence-electron chi connectivity index (χ4n) is 6.49. The SMILES string of the molecule is Cc1ccc(-c2ccc(-c3ncc(-c4ccc5cc6cc(-c7cnc(-c8ccc(-c9ccc(C)cc9)cc8)s7)ccc6cc5c4)s3)cc2)cc1. The standard InChI is InChI=1S/C46H32N2S2/c1-29-3-7-31(8-4-29)33-11-15-35(16-12-33)45-47-27-43(49-45)39-21-19-37-24-42-26-40(22-20-38(42)23-41(37)25-39)44-28-48-46(50-44)36-17-13-34(14-18-36)32-9-5-30(2)6-10-32/h3-28H,1-2H3. The molecule has 0 aliphatic carbocycles. The molecule has 0 aliphatic rings. The van der Waals surface area contributed by atoms with Crippen LogP contribution in [0, 0.1) is 13.8 Å². The average Bonchev–Trinajstić information content (AvgIpc) is 3.86. The summed E-state index contributed by atoms with van der Waals surface area (Å²) < 4.78 is 0. The quantitative estimate of drug-likeness (QED) is 0.164. The molecule has 238 valence electrons. The van der Waals surface area contributed by atoms with Gasteiger partial charge in [0.25, 0.3) is 0 Å². The minimum atomic E-state index is 1.03. The summed E-state index contributed by atoms with van der Waals surface area (Å²) in [7, 11) is 0. The van der Waals surface area contributed by atoms with Gasteiger partial charge < -0.3 is 0 Å². The average molecular weight is 677 g/mol. The molecular weight excluding hydrogens is 645 g/mol. The number of thiazole rings is 2. The van der Waals surface area contributed by atoms with Crippen molar-refractivity contribution in [3.8, 4) is 64.3 Å². The van der Waals surface area contributed by atoms with Crippen LogP contribution >= 0.6 is 22.7 Å². The van der Waals surface area contributed by atoms with Crippen LogP contribution in [0.5, 0.6) is 0 Å². The number of fused-ring (bicyclic) bond motifs is 2. The molecule has 50 heavy (non-hydrogen) atoms. The van der Waals surface area contributed by atoms with E-state index in [0.717, 1.165) is 21.1 Å². The molecule has 2 heterocycles. The van der Waals surface area contributed by atoms with Crippen LogP contribution in [-0.4, -0.2) is 9.97 Å². The van der Waals surface area contributed by atoms with Gasteiger partial charge in [0.15, 0.2) is 0 Å². The van der Waals surface area contributed by atoms with Gasteiger partial charge >= 0.3 is 0 Å². The summed E-state index contributed by atoms with van der Waals surface area (Å²) in [5.41, 5.74) is 12.1. The first-order valence-electron chi connectivity index (χ1n) is 16.8. The van der Waals surface area contributed by atoms with Crippen molar-refractivity contribution < 1.29 is 0 Å². The second-order valence-electron chi connectivity index (χ2n) is 12.9. The molecule has 0 amide bonds. The summed E-state index contributed by atoms with van der Waals surface area (Å²) in [6, 6.07) is 52.9. The number of nitrogens with zero attached hydrogens (tertiary/aromatic N) is 2. The van der Waals surface area contributed by atoms with Gasteiger partial charge in [-0.05, 0) is 93.0 Å². The molecule has 2 aromatic heterocycles. The highest BCUT2D eigenvalue weighted by Gasteiger charge is 2.11. The fourth-order valence-corrected chi connectivity index (χ4v) is 8.32. The zero-order valence-electron chi connectivity index (χ0n) is 27.7. The van der Waals surface area contributed by atoms with Gasteiger partial charge in [0.1, 0.15) is 10.0 Å². The maximum Gasteiger partial charge on any atom is 0.123 e. The normalized spacial score (nSPS) is 11.4. The molecule has 0 fully saturated rings. The monoisotopic (exact) mass is 676 g/mol. The summed E-state index contributed by atoms with van der Waals surface area (Å²) in [6.07, 6.45) is 4.01. The van der Waals surface area contributed by atoms with Gasteiger partial charge in [-0.15, -0.1) is 22.7 Å². The Morgan fingerprint density at radius 2 is 0.640 bits per heavy atom. The van der Waals surface area contributed by atoms with E-state index in [0.29, 0.717) is 0 Å². The van der Waals surface area contributed by atoms with Crippen molar-refractivity contribution in [1.82, 2.24) is 9.97 Å². The zero-order valence-corrected chi connectivity index (χ0v) is 29.4. The van der Waals surface area contributed by atoms with Crippen LogP contribution in [0.25, 0.3) is 85.8 Å². The molecule has 9 aromatic rings. The zero-order chi connectivity index (χ0) is 33.6. The van der Waals surface area contributed by atoms with Crippen molar-refractivity contribution in [2.75, 3.05) is 0 Å². The van der Waals surface area contributed by atoms with E-state index in [1.807, 2.05) is 12.4 Å². The highest BCUT2D eigenvalue weighted by Crippen LogP contribution is 2.38. The molecule has 9 rings (SSSR count). The van der Waals surface area contributed by atoms with E-state index < -0.39 is 0 Å². The van der Waals surface area contributed by atoms with Crippen molar-refractivity contribution in [1.29, 1.82) is 0 Å². The van der Waals surface area contributed by atoms with Gasteiger partial charge in [-0.2, -0.15) is 0 Å². The minimum Gasteiger partial charge on any atom is -0.244 e. The maximum absolute atomic E-state index is 4.80. The summed E-state index contributed by atoms with van der Waals surface area (Å²) in [5.74, 6) is 0. The molecule has 7 aromatic carbocycles. The second-order valence-corrected chi connectivity index (χ2v) is 15.0. The lowest BCUT2D eigenvalue weighted by molar-refractivity contribution is 1.41. The van der Waals surface area contributed by atoms with Crippen LogP contribution in [0.1, 0.15) is 11.1 Å². The molecule has 0 unspecified atom stereocenters. The molecule has 0 saturated carbocycles. The molecule has 0 saturated heterocycles. The Labute approximate surface area is 300 Å². The van der Waals surface area contributed by atoms with Crippen molar-refractivity contribution in [3.05, 3.63) is 169 Å². The van der Waals surface area contributed by atoms with E-state index in [1.54, 1.807) is 22.7 Å². The van der Waals surface area contributed by atoms with Gasteiger partial charge in [-0.3, -0.25) is 0 Å². The molecular formula is C46H32N2S2. The van der Waals surface area contributed by atoms with Crippen molar-refractivity contribution in [2.24, 2.45) is 0 Å². The highest BCUT2D eigenvalue weighted by molar-refractivity contribution is 7.18. The molecule has 2 nitrogen and oxygen atoms in total. The number of hydrogen-bond donors (Lipinski definition) is 0. The van der Waals surface area contributed by atoms with Gasteiger partial charge in [-0.1, -0.05) is 132 Å². The number of hydrogen-bond acceptors (Lipinski definition) is 4.